The Balaban J connectivity index is 0.773. The monoisotopic (exact) mass is 1060 g/mol. The van der Waals surface area contributed by atoms with Crippen LogP contribution in [0.4, 0.5) is 26.4 Å². The molecule has 0 spiro atoms. The van der Waals surface area contributed by atoms with Crippen LogP contribution in [0, 0.1) is 17.1 Å². The van der Waals surface area contributed by atoms with E-state index in [2.05, 4.69) is 68.5 Å². The molecule has 6 heterocycles. The number of aromatic nitrogens is 2. The van der Waals surface area contributed by atoms with Crippen LogP contribution in [0.15, 0.2) is 78.9 Å². The molecule has 0 bridgehead atoms. The fourth-order valence-corrected chi connectivity index (χ4v) is 11.2. The van der Waals surface area contributed by atoms with Gasteiger partial charge in [-0.15, -0.1) is 0 Å². The van der Waals surface area contributed by atoms with Gasteiger partial charge in [-0.3, -0.25) is 24.5 Å². The van der Waals surface area contributed by atoms with Crippen LogP contribution in [0.25, 0.3) is 10.8 Å². The number of benzene rings is 4. The Labute approximate surface area is 442 Å². The summed E-state index contributed by atoms with van der Waals surface area (Å²) in [6, 6.07) is 20.2. The number of ether oxygens (including phenoxy) is 2. The molecule has 21 heteroatoms. The maximum atomic E-state index is 15.7. The van der Waals surface area contributed by atoms with Crippen molar-refractivity contribution in [2.45, 2.75) is 76.3 Å². The molecular formula is C54H54Cl2FN11O7. The Hall–Kier alpha value is -7.53. The summed E-state index contributed by atoms with van der Waals surface area (Å²) in [6.45, 7) is 7.12. The lowest BCUT2D eigenvalue weighted by molar-refractivity contribution is -0.137. The molecule has 18 nitrogen and oxygen atoms in total. The number of imide groups is 1. The highest BCUT2D eigenvalue weighted by atomic mass is 35.5. The Bertz CT molecular complexity index is 3190. The Morgan fingerprint density at radius 2 is 1.76 bits per heavy atom. The SMILES string of the molecule is C=C(COc1cc(Cl)cc(NC(=O)NCc2ccc3c(c2F)CN(C2CCC(=O)NC2=O)C3=O)c1)C(=O)N1CCN(c2nc(OC[C@@H]3CCCN3C)nc3c2CCN(c2cccc4cccc(Cl)c24)C3)C[C@@H]1CC#N. The zero-order chi connectivity index (χ0) is 52.5. The molecule has 10 rings (SSSR count). The maximum absolute atomic E-state index is 15.7. The van der Waals surface area contributed by atoms with Crippen LogP contribution in [0.1, 0.15) is 64.8 Å². The zero-order valence-electron chi connectivity index (χ0n) is 41.2. The second kappa shape index (κ2) is 21.7. The summed E-state index contributed by atoms with van der Waals surface area (Å²) in [5.74, 6) is -1.64. The minimum absolute atomic E-state index is 0.0595. The highest BCUT2D eigenvalue weighted by Gasteiger charge is 2.41. The van der Waals surface area contributed by atoms with Gasteiger partial charge in [0, 0.05) is 101 Å². The van der Waals surface area contributed by atoms with Gasteiger partial charge in [0.1, 0.15) is 36.6 Å². The van der Waals surface area contributed by atoms with Crippen molar-refractivity contribution in [1.29, 1.82) is 5.26 Å². The van der Waals surface area contributed by atoms with Gasteiger partial charge in [-0.25, -0.2) is 9.18 Å². The molecular weight excluding hydrogens is 1000 g/mol. The normalized spacial score (nSPS) is 19.6. The van der Waals surface area contributed by atoms with Gasteiger partial charge in [0.15, 0.2) is 0 Å². The number of carbonyl (C=O) groups is 5. The van der Waals surface area contributed by atoms with Gasteiger partial charge in [0.05, 0.1) is 42.3 Å². The van der Waals surface area contributed by atoms with Crippen molar-refractivity contribution < 1.29 is 37.8 Å². The van der Waals surface area contributed by atoms with E-state index in [-0.39, 0.29) is 102 Å². The van der Waals surface area contributed by atoms with Gasteiger partial charge in [-0.05, 0) is 75.0 Å². The molecule has 5 aliphatic rings. The van der Waals surface area contributed by atoms with Crippen LogP contribution in [-0.2, 0) is 40.4 Å². The molecule has 6 amide bonds. The topological polar surface area (TPSA) is 206 Å². The summed E-state index contributed by atoms with van der Waals surface area (Å²) in [5.41, 5.74) is 3.58. The number of hydrogen-bond donors (Lipinski definition) is 3. The van der Waals surface area contributed by atoms with Crippen molar-refractivity contribution in [2.75, 3.05) is 68.1 Å². The molecule has 4 aromatic carbocycles. The molecule has 1 unspecified atom stereocenters. The molecule has 388 valence electrons. The van der Waals surface area contributed by atoms with E-state index < -0.39 is 41.7 Å². The predicted octanol–water partition coefficient (Wildman–Crippen LogP) is 6.76. The van der Waals surface area contributed by atoms with E-state index in [1.54, 1.807) is 4.90 Å². The molecule has 5 aromatic rings. The van der Waals surface area contributed by atoms with Gasteiger partial charge in [-0.2, -0.15) is 15.2 Å². The zero-order valence-corrected chi connectivity index (χ0v) is 42.7. The highest BCUT2D eigenvalue weighted by molar-refractivity contribution is 6.36. The van der Waals surface area contributed by atoms with Crippen molar-refractivity contribution in [3.63, 3.8) is 0 Å². The number of carbonyl (C=O) groups excluding carboxylic acids is 5. The van der Waals surface area contributed by atoms with Gasteiger partial charge in [0.25, 0.3) is 11.8 Å². The first-order valence-corrected chi connectivity index (χ1v) is 25.7. The standard InChI is InChI=1S/C54H54Cl2FN11O7/c1-31(29-74-38-23-34(55)22-35(24-38)60-53(73)59-25-33-11-12-39-41(48(33)57)27-68(52(39)72)45-13-14-46(69)62-50(45)70)51(71)67-21-20-66(26-36(67)15-17-58)49-40-16-19-65(44-10-4-7-32-6-3-9-42(56)47(32)44)28-43(40)61-54(63-49)75-30-37-8-5-18-64(37)2/h3-4,6-7,9-12,22-24,36-37,45H,1,5,8,13-16,18-21,25-30H2,2H3,(H2,59,60,73)(H,62,69,70)/t36-,37-,45?/m0/s1. The number of piperazine rings is 1. The molecule has 0 aliphatic carbocycles. The predicted molar refractivity (Wildman–Crippen MR) is 279 cm³/mol. The van der Waals surface area contributed by atoms with Gasteiger partial charge in [-0.1, -0.05) is 60.1 Å². The summed E-state index contributed by atoms with van der Waals surface area (Å²) < 4.78 is 28.1. The summed E-state index contributed by atoms with van der Waals surface area (Å²) in [6.07, 6.45) is 3.04. The molecule has 3 N–H and O–H groups in total. The smallest absolute Gasteiger partial charge is 0.319 e. The third kappa shape index (κ3) is 10.7. The molecule has 5 aliphatic heterocycles. The Morgan fingerprint density at radius 1 is 0.933 bits per heavy atom. The summed E-state index contributed by atoms with van der Waals surface area (Å²) in [4.78, 5) is 84.1. The minimum atomic E-state index is -0.896. The molecule has 0 radical (unpaired) electrons. The maximum Gasteiger partial charge on any atom is 0.319 e. The largest absolute Gasteiger partial charge is 0.489 e. The number of nitriles is 1. The van der Waals surface area contributed by atoms with Crippen LogP contribution < -0.4 is 35.2 Å². The lowest BCUT2D eigenvalue weighted by atomic mass is 10.0. The number of nitrogens with one attached hydrogen (secondary N) is 3. The van der Waals surface area contributed by atoms with Crippen molar-refractivity contribution in [1.82, 2.24) is 35.3 Å². The number of piperidine rings is 1. The third-order valence-electron chi connectivity index (χ3n) is 14.7. The number of fused-ring (bicyclic) bond motifs is 3. The first-order valence-electron chi connectivity index (χ1n) is 24.9. The lowest BCUT2D eigenvalue weighted by Gasteiger charge is -2.42. The summed E-state index contributed by atoms with van der Waals surface area (Å²) in [5, 5.41) is 20.5. The number of urea groups is 1. The summed E-state index contributed by atoms with van der Waals surface area (Å²) >= 11 is 13.2. The van der Waals surface area contributed by atoms with Crippen molar-refractivity contribution in [3.05, 3.63) is 123 Å². The van der Waals surface area contributed by atoms with Gasteiger partial charge < -0.3 is 44.6 Å². The van der Waals surface area contributed by atoms with Crippen LogP contribution in [0.3, 0.4) is 0 Å². The van der Waals surface area contributed by atoms with E-state index in [1.165, 1.54) is 35.2 Å². The fraction of sp³-hybridized carbons (Fsp3) is 0.370. The van der Waals surface area contributed by atoms with E-state index >= 15 is 4.39 Å². The molecule has 75 heavy (non-hydrogen) atoms. The lowest BCUT2D eigenvalue weighted by Crippen LogP contribution is -2.56. The van der Waals surface area contributed by atoms with Crippen LogP contribution in [0.2, 0.25) is 10.0 Å². The number of nitrogens with zero attached hydrogens (tertiary/aromatic N) is 8. The second-order valence-corrected chi connectivity index (χ2v) is 20.3. The number of likely N-dealkylation sites (tertiary alicyclic amines) is 1. The average molecular weight is 1060 g/mol. The Morgan fingerprint density at radius 3 is 2.55 bits per heavy atom. The van der Waals surface area contributed by atoms with Crippen LogP contribution in [-0.4, -0.2) is 125 Å². The van der Waals surface area contributed by atoms with Crippen molar-refractivity contribution in [2.24, 2.45) is 0 Å². The summed E-state index contributed by atoms with van der Waals surface area (Å²) in [7, 11) is 2.10. The quantitative estimate of drug-likeness (QED) is 0.0778. The van der Waals surface area contributed by atoms with Gasteiger partial charge >= 0.3 is 12.0 Å². The number of rotatable bonds is 14. The van der Waals surface area contributed by atoms with Crippen LogP contribution in [0.5, 0.6) is 11.8 Å². The molecule has 3 fully saturated rings. The minimum Gasteiger partial charge on any atom is -0.489 e. The Kier molecular flexibility index (Phi) is 14.8. The van der Waals surface area contributed by atoms with E-state index in [1.807, 2.05) is 18.2 Å². The van der Waals surface area contributed by atoms with E-state index in [4.69, 9.17) is 42.6 Å². The number of anilines is 3. The fourth-order valence-electron chi connectivity index (χ4n) is 10.7. The first-order chi connectivity index (χ1) is 36.2. The van der Waals surface area contributed by atoms with E-state index in [0.29, 0.717) is 44.2 Å². The third-order valence-corrected chi connectivity index (χ3v) is 15.2. The number of amides is 6. The number of likely N-dealkylation sites (N-methyl/N-ethyl adjacent to an activating group) is 1. The second-order valence-electron chi connectivity index (χ2n) is 19.4. The van der Waals surface area contributed by atoms with Crippen molar-refractivity contribution in [3.8, 4) is 17.8 Å². The van der Waals surface area contributed by atoms with Gasteiger partial charge in [0.2, 0.25) is 11.8 Å². The molecule has 3 atom stereocenters. The number of halogens is 3. The van der Waals surface area contributed by atoms with Crippen LogP contribution >= 0.6 is 23.2 Å². The average Bonchev–Trinajstić information content (AvgIpc) is 3.97. The van der Waals surface area contributed by atoms with E-state index in [0.717, 1.165) is 52.9 Å². The molecule has 3 saturated heterocycles. The highest BCUT2D eigenvalue weighted by Crippen LogP contribution is 2.38. The number of hydrogen-bond acceptors (Lipinski definition) is 13. The van der Waals surface area contributed by atoms with Crippen molar-refractivity contribution >= 4 is 80.8 Å². The molecule has 1 aromatic heterocycles. The molecule has 0 saturated carbocycles. The van der Waals surface area contributed by atoms with E-state index in [9.17, 15) is 29.2 Å². The first kappa shape index (κ1) is 51.0.